The fourth-order valence-electron chi connectivity index (χ4n) is 2.43. The highest BCUT2D eigenvalue weighted by atomic mass is 19.3. The van der Waals surface area contributed by atoms with E-state index >= 15 is 0 Å². The van der Waals surface area contributed by atoms with Gasteiger partial charge in [0.05, 0.1) is 7.11 Å². The molecule has 2 N–H and O–H groups in total. The van der Waals surface area contributed by atoms with Gasteiger partial charge in [-0.15, -0.1) is 0 Å². The Balaban J connectivity index is 1.79. The van der Waals surface area contributed by atoms with Gasteiger partial charge in [-0.1, -0.05) is 6.07 Å². The first-order valence-electron chi connectivity index (χ1n) is 8.29. The predicted molar refractivity (Wildman–Crippen MR) is 97.1 cm³/mol. The van der Waals surface area contributed by atoms with Crippen molar-refractivity contribution in [1.29, 1.82) is 0 Å². The second-order valence-electron chi connectivity index (χ2n) is 5.46. The number of methoxy groups -OCH3 is 1. The molecule has 0 aliphatic rings. The molecule has 0 saturated heterocycles. The van der Waals surface area contributed by atoms with Gasteiger partial charge in [0.15, 0.2) is 17.5 Å². The number of nitrogens with one attached hydrogen (secondary N) is 2. The Morgan fingerprint density at radius 3 is 2.54 bits per heavy atom. The molecule has 0 atom stereocenters. The first-order valence-corrected chi connectivity index (χ1v) is 8.29. The summed E-state index contributed by atoms with van der Waals surface area (Å²) in [4.78, 5) is 4.16. The van der Waals surface area contributed by atoms with Crippen LogP contribution in [0.1, 0.15) is 5.56 Å². The summed E-state index contributed by atoms with van der Waals surface area (Å²) in [5, 5.41) is 6.42. The fourth-order valence-corrected chi connectivity index (χ4v) is 2.43. The zero-order chi connectivity index (χ0) is 18.8. The SMILES string of the molecule is CN=C(NCCc1ccc(OC)c(OC(F)F)c1)NCCn1cccc1. The number of alkyl halides is 2. The molecule has 0 aliphatic heterocycles. The molecule has 0 bridgehead atoms. The number of rotatable bonds is 9. The predicted octanol–water partition coefficient (Wildman–Crippen LogP) is 2.51. The minimum absolute atomic E-state index is 0.0363. The third-order valence-corrected chi connectivity index (χ3v) is 3.70. The van der Waals surface area contributed by atoms with Crippen molar-refractivity contribution < 1.29 is 18.3 Å². The van der Waals surface area contributed by atoms with Crippen LogP contribution < -0.4 is 20.1 Å². The van der Waals surface area contributed by atoms with Gasteiger partial charge in [-0.2, -0.15) is 8.78 Å². The van der Waals surface area contributed by atoms with Crippen molar-refractivity contribution >= 4 is 5.96 Å². The number of ether oxygens (including phenoxy) is 2. The molecule has 8 heteroatoms. The van der Waals surface area contributed by atoms with Crippen LogP contribution in [-0.2, 0) is 13.0 Å². The van der Waals surface area contributed by atoms with E-state index in [1.165, 1.54) is 7.11 Å². The molecule has 6 nitrogen and oxygen atoms in total. The number of aromatic nitrogens is 1. The summed E-state index contributed by atoms with van der Waals surface area (Å²) in [7, 11) is 3.12. The summed E-state index contributed by atoms with van der Waals surface area (Å²) in [6.07, 6.45) is 4.63. The summed E-state index contributed by atoms with van der Waals surface area (Å²) in [6, 6.07) is 8.97. The summed E-state index contributed by atoms with van der Waals surface area (Å²) in [6.45, 7) is -0.714. The molecule has 0 spiro atoms. The van der Waals surface area contributed by atoms with Crippen molar-refractivity contribution in [2.75, 3.05) is 27.2 Å². The van der Waals surface area contributed by atoms with Crippen LogP contribution in [0, 0.1) is 0 Å². The maximum Gasteiger partial charge on any atom is 0.387 e. The Morgan fingerprint density at radius 1 is 1.15 bits per heavy atom. The lowest BCUT2D eigenvalue weighted by molar-refractivity contribution is -0.0512. The van der Waals surface area contributed by atoms with Crippen molar-refractivity contribution in [2.45, 2.75) is 19.6 Å². The largest absolute Gasteiger partial charge is 0.493 e. The number of nitrogens with zero attached hydrogens (tertiary/aromatic N) is 2. The number of guanidine groups is 1. The van der Waals surface area contributed by atoms with Gasteiger partial charge in [0.2, 0.25) is 0 Å². The average Bonchev–Trinajstić information content (AvgIpc) is 3.13. The van der Waals surface area contributed by atoms with Crippen LogP contribution >= 0.6 is 0 Å². The van der Waals surface area contributed by atoms with E-state index < -0.39 is 6.61 Å². The zero-order valence-electron chi connectivity index (χ0n) is 14.9. The molecule has 26 heavy (non-hydrogen) atoms. The fraction of sp³-hybridized carbons (Fsp3) is 0.389. The number of halogens is 2. The molecular formula is C18H24F2N4O2. The van der Waals surface area contributed by atoms with E-state index in [2.05, 4.69) is 24.9 Å². The van der Waals surface area contributed by atoms with Crippen molar-refractivity contribution in [3.63, 3.8) is 0 Å². The quantitative estimate of drug-likeness (QED) is 0.529. The molecule has 0 radical (unpaired) electrons. The lowest BCUT2D eigenvalue weighted by Gasteiger charge is -2.14. The molecule has 0 saturated carbocycles. The number of benzene rings is 1. The van der Waals surface area contributed by atoms with Gasteiger partial charge in [0.25, 0.3) is 0 Å². The van der Waals surface area contributed by atoms with E-state index in [-0.39, 0.29) is 11.5 Å². The molecule has 0 unspecified atom stereocenters. The van der Waals surface area contributed by atoms with E-state index in [4.69, 9.17) is 4.74 Å². The number of hydrogen-bond acceptors (Lipinski definition) is 3. The third kappa shape index (κ3) is 6.27. The standard InChI is InChI=1S/C18H24F2N4O2/c1-21-18(23-9-12-24-10-3-4-11-24)22-8-7-14-5-6-15(25-2)16(13-14)26-17(19)20/h3-6,10-11,13,17H,7-9,12H2,1-2H3,(H2,21,22,23). The molecule has 1 heterocycles. The molecule has 0 amide bonds. The van der Waals surface area contributed by atoms with Crippen LogP contribution in [-0.4, -0.2) is 44.4 Å². The highest BCUT2D eigenvalue weighted by Gasteiger charge is 2.11. The third-order valence-electron chi connectivity index (χ3n) is 3.70. The smallest absolute Gasteiger partial charge is 0.387 e. The minimum atomic E-state index is -2.89. The number of aliphatic imine (C=N–C) groups is 1. The maximum absolute atomic E-state index is 12.5. The minimum Gasteiger partial charge on any atom is -0.493 e. The van der Waals surface area contributed by atoms with E-state index in [0.717, 1.165) is 18.7 Å². The van der Waals surface area contributed by atoms with Gasteiger partial charge < -0.3 is 24.7 Å². The van der Waals surface area contributed by atoms with Gasteiger partial charge in [0.1, 0.15) is 0 Å². The van der Waals surface area contributed by atoms with Gasteiger partial charge in [0, 0.05) is 39.1 Å². The molecule has 142 valence electrons. The van der Waals surface area contributed by atoms with Gasteiger partial charge in [-0.25, -0.2) is 0 Å². The topological polar surface area (TPSA) is 59.8 Å². The summed E-state index contributed by atoms with van der Waals surface area (Å²) in [5.41, 5.74) is 0.858. The highest BCUT2D eigenvalue weighted by molar-refractivity contribution is 5.79. The van der Waals surface area contributed by atoms with Crippen LogP contribution in [0.4, 0.5) is 8.78 Å². The Labute approximate surface area is 151 Å². The Hall–Kier alpha value is -2.77. The Kier molecular flexibility index (Phi) is 7.73. The van der Waals surface area contributed by atoms with Crippen LogP contribution in [0.2, 0.25) is 0 Å². The van der Waals surface area contributed by atoms with Crippen LogP contribution in [0.5, 0.6) is 11.5 Å². The second kappa shape index (κ2) is 10.3. The monoisotopic (exact) mass is 366 g/mol. The van der Waals surface area contributed by atoms with Crippen LogP contribution in [0.3, 0.4) is 0 Å². The van der Waals surface area contributed by atoms with Gasteiger partial charge in [-0.05, 0) is 36.2 Å². The molecule has 2 rings (SSSR count). The molecule has 2 aromatic rings. The summed E-state index contributed by atoms with van der Waals surface area (Å²) in [5.74, 6) is 1.01. The average molecular weight is 366 g/mol. The van der Waals surface area contributed by atoms with Crippen molar-refractivity contribution in [3.8, 4) is 11.5 Å². The van der Waals surface area contributed by atoms with E-state index in [0.29, 0.717) is 18.9 Å². The Morgan fingerprint density at radius 2 is 1.88 bits per heavy atom. The maximum atomic E-state index is 12.5. The van der Waals surface area contributed by atoms with Crippen LogP contribution in [0.15, 0.2) is 47.7 Å². The summed E-state index contributed by atoms with van der Waals surface area (Å²) >= 11 is 0. The zero-order valence-corrected chi connectivity index (χ0v) is 14.9. The van der Waals surface area contributed by atoms with Crippen molar-refractivity contribution in [3.05, 3.63) is 48.3 Å². The van der Waals surface area contributed by atoms with Crippen LogP contribution in [0.25, 0.3) is 0 Å². The lowest BCUT2D eigenvalue weighted by atomic mass is 10.1. The normalized spacial score (nSPS) is 11.5. The Bertz CT molecular complexity index is 691. The number of hydrogen-bond donors (Lipinski definition) is 2. The summed E-state index contributed by atoms with van der Waals surface area (Å²) < 4.78 is 36.6. The van der Waals surface area contributed by atoms with E-state index in [1.54, 1.807) is 19.2 Å². The molecule has 1 aromatic carbocycles. The van der Waals surface area contributed by atoms with Crippen molar-refractivity contribution in [2.24, 2.45) is 4.99 Å². The second-order valence-corrected chi connectivity index (χ2v) is 5.46. The molecule has 0 fully saturated rings. The van der Waals surface area contributed by atoms with Crippen molar-refractivity contribution in [1.82, 2.24) is 15.2 Å². The first kappa shape index (κ1) is 19.6. The lowest BCUT2D eigenvalue weighted by Crippen LogP contribution is -2.39. The van der Waals surface area contributed by atoms with Gasteiger partial charge >= 0.3 is 6.61 Å². The van der Waals surface area contributed by atoms with E-state index in [9.17, 15) is 8.78 Å². The first-order chi connectivity index (χ1) is 12.6. The molecule has 1 aromatic heterocycles. The van der Waals surface area contributed by atoms with E-state index in [1.807, 2.05) is 30.6 Å². The highest BCUT2D eigenvalue weighted by Crippen LogP contribution is 2.29. The van der Waals surface area contributed by atoms with Gasteiger partial charge in [-0.3, -0.25) is 4.99 Å². The molecular weight excluding hydrogens is 342 g/mol. The molecule has 0 aliphatic carbocycles.